The summed E-state index contributed by atoms with van der Waals surface area (Å²) < 4.78 is 11.7. The van der Waals surface area contributed by atoms with Gasteiger partial charge >= 0.3 is 0 Å². The van der Waals surface area contributed by atoms with E-state index in [1.165, 1.54) is 12.4 Å². The minimum absolute atomic E-state index is 0.110. The predicted octanol–water partition coefficient (Wildman–Crippen LogP) is 3.08. The highest BCUT2D eigenvalue weighted by Gasteiger charge is 2.17. The first-order valence-corrected chi connectivity index (χ1v) is 9.25. The predicted molar refractivity (Wildman–Crippen MR) is 111 cm³/mol. The molecule has 0 aliphatic rings. The number of nitrogens with one attached hydrogen (secondary N) is 1. The molecule has 0 spiro atoms. The lowest BCUT2D eigenvalue weighted by Crippen LogP contribution is -2.16. The number of primary amides is 1. The fourth-order valence-electron chi connectivity index (χ4n) is 2.89. The second-order valence-corrected chi connectivity index (χ2v) is 6.85. The number of rotatable bonds is 5. The first-order valence-electron chi connectivity index (χ1n) is 9.25. The molecule has 4 aromatic rings. The molecular weight excluding hydrogens is 400 g/mol. The van der Waals surface area contributed by atoms with Gasteiger partial charge in [-0.1, -0.05) is 0 Å². The van der Waals surface area contributed by atoms with E-state index in [4.69, 9.17) is 14.9 Å². The number of hydrogen-bond acceptors (Lipinski definition) is 8. The van der Waals surface area contributed by atoms with E-state index in [9.17, 15) is 9.59 Å². The SMILES string of the molecule is Cc1cnc(NC(=O)c2cc(Oc3cnc(C(N)=O)nc3C)c3cc(C)oc3c2)cn1. The van der Waals surface area contributed by atoms with Crippen molar-refractivity contribution in [2.75, 3.05) is 5.32 Å². The van der Waals surface area contributed by atoms with Gasteiger partial charge in [0, 0.05) is 5.56 Å². The van der Waals surface area contributed by atoms with Crippen molar-refractivity contribution in [3.05, 3.63) is 65.3 Å². The third kappa shape index (κ3) is 4.17. The number of aryl methyl sites for hydroxylation is 3. The average Bonchev–Trinajstić information content (AvgIpc) is 3.11. The third-order valence-electron chi connectivity index (χ3n) is 4.38. The van der Waals surface area contributed by atoms with Crippen LogP contribution in [0.5, 0.6) is 11.5 Å². The van der Waals surface area contributed by atoms with E-state index in [0.717, 1.165) is 5.69 Å². The molecular formula is C21H18N6O4. The molecule has 10 nitrogen and oxygen atoms in total. The largest absolute Gasteiger partial charge is 0.461 e. The molecule has 0 saturated carbocycles. The Balaban J connectivity index is 1.70. The lowest BCUT2D eigenvalue weighted by atomic mass is 10.1. The topological polar surface area (TPSA) is 146 Å². The van der Waals surface area contributed by atoms with Crippen molar-refractivity contribution >= 4 is 28.6 Å². The molecule has 3 heterocycles. The van der Waals surface area contributed by atoms with Crippen molar-refractivity contribution < 1.29 is 18.7 Å². The van der Waals surface area contributed by atoms with Crippen molar-refractivity contribution in [1.82, 2.24) is 19.9 Å². The Morgan fingerprint density at radius 1 is 1.00 bits per heavy atom. The number of furan rings is 1. The Kier molecular flexibility index (Phi) is 5.04. The number of carbonyl (C=O) groups is 2. The zero-order valence-electron chi connectivity index (χ0n) is 17.0. The van der Waals surface area contributed by atoms with E-state index >= 15 is 0 Å². The summed E-state index contributed by atoms with van der Waals surface area (Å²) >= 11 is 0. The summed E-state index contributed by atoms with van der Waals surface area (Å²) in [6, 6.07) is 4.99. The number of nitrogens with zero attached hydrogens (tertiary/aromatic N) is 4. The molecule has 0 atom stereocenters. The quantitative estimate of drug-likeness (QED) is 0.503. The summed E-state index contributed by atoms with van der Waals surface area (Å²) in [6.07, 6.45) is 4.39. The molecule has 3 aromatic heterocycles. The molecule has 156 valence electrons. The maximum Gasteiger partial charge on any atom is 0.286 e. The second kappa shape index (κ2) is 7.82. The minimum Gasteiger partial charge on any atom is -0.461 e. The number of fused-ring (bicyclic) bond motifs is 1. The van der Waals surface area contributed by atoms with Crippen LogP contribution >= 0.6 is 0 Å². The van der Waals surface area contributed by atoms with Gasteiger partial charge < -0.3 is 20.2 Å². The number of nitrogens with two attached hydrogens (primary N) is 1. The van der Waals surface area contributed by atoms with Crippen LogP contribution < -0.4 is 15.8 Å². The molecule has 0 fully saturated rings. The highest BCUT2D eigenvalue weighted by molar-refractivity contribution is 6.06. The van der Waals surface area contributed by atoms with Crippen LogP contribution in [0.25, 0.3) is 11.0 Å². The first-order chi connectivity index (χ1) is 14.8. The van der Waals surface area contributed by atoms with Crippen LogP contribution in [0.15, 0.2) is 41.2 Å². The van der Waals surface area contributed by atoms with Crippen LogP contribution in [0.4, 0.5) is 5.82 Å². The monoisotopic (exact) mass is 418 g/mol. The zero-order chi connectivity index (χ0) is 22.1. The van der Waals surface area contributed by atoms with Gasteiger partial charge in [0.1, 0.15) is 17.1 Å². The molecule has 0 aliphatic carbocycles. The van der Waals surface area contributed by atoms with Gasteiger partial charge in [0.2, 0.25) is 5.82 Å². The summed E-state index contributed by atoms with van der Waals surface area (Å²) in [5.74, 6) is 0.400. The summed E-state index contributed by atoms with van der Waals surface area (Å²) in [7, 11) is 0. The molecule has 0 bridgehead atoms. The van der Waals surface area contributed by atoms with Gasteiger partial charge in [-0.15, -0.1) is 0 Å². The van der Waals surface area contributed by atoms with Crippen LogP contribution in [0, 0.1) is 20.8 Å². The van der Waals surface area contributed by atoms with Gasteiger partial charge in [-0.3, -0.25) is 14.6 Å². The summed E-state index contributed by atoms with van der Waals surface area (Å²) in [4.78, 5) is 40.3. The molecule has 0 aliphatic heterocycles. The molecule has 0 radical (unpaired) electrons. The molecule has 31 heavy (non-hydrogen) atoms. The second-order valence-electron chi connectivity index (χ2n) is 6.85. The van der Waals surface area contributed by atoms with E-state index < -0.39 is 11.8 Å². The molecule has 1 aromatic carbocycles. The number of benzene rings is 1. The van der Waals surface area contributed by atoms with Gasteiger partial charge in [0.05, 0.1) is 35.4 Å². The number of hydrogen-bond donors (Lipinski definition) is 2. The van der Waals surface area contributed by atoms with Crippen LogP contribution in [-0.2, 0) is 0 Å². The van der Waals surface area contributed by atoms with Crippen LogP contribution in [0.2, 0.25) is 0 Å². The molecule has 10 heteroatoms. The lowest BCUT2D eigenvalue weighted by Gasteiger charge is -2.11. The number of ether oxygens (including phenoxy) is 1. The molecule has 0 unspecified atom stereocenters. The molecule has 4 rings (SSSR count). The number of carbonyl (C=O) groups excluding carboxylic acids is 2. The molecule has 2 amide bonds. The lowest BCUT2D eigenvalue weighted by molar-refractivity contribution is 0.0988. The van der Waals surface area contributed by atoms with Gasteiger partial charge in [0.25, 0.3) is 11.8 Å². The van der Waals surface area contributed by atoms with Crippen LogP contribution in [-0.4, -0.2) is 31.8 Å². The molecule has 0 saturated heterocycles. The highest BCUT2D eigenvalue weighted by atomic mass is 16.5. The van der Waals surface area contributed by atoms with Crippen molar-refractivity contribution in [1.29, 1.82) is 0 Å². The fourth-order valence-corrected chi connectivity index (χ4v) is 2.89. The average molecular weight is 418 g/mol. The van der Waals surface area contributed by atoms with Crippen molar-refractivity contribution in [3.63, 3.8) is 0 Å². The Morgan fingerprint density at radius 2 is 1.81 bits per heavy atom. The van der Waals surface area contributed by atoms with Gasteiger partial charge in [-0.25, -0.2) is 15.0 Å². The van der Waals surface area contributed by atoms with Crippen molar-refractivity contribution in [2.45, 2.75) is 20.8 Å². The molecule has 3 N–H and O–H groups in total. The van der Waals surface area contributed by atoms with E-state index in [1.54, 1.807) is 45.2 Å². The fraction of sp³-hybridized carbons (Fsp3) is 0.143. The summed E-state index contributed by atoms with van der Waals surface area (Å²) in [6.45, 7) is 5.26. The van der Waals surface area contributed by atoms with E-state index in [1.807, 2.05) is 0 Å². The van der Waals surface area contributed by atoms with E-state index in [0.29, 0.717) is 45.3 Å². The maximum atomic E-state index is 12.8. The maximum absolute atomic E-state index is 12.8. The van der Waals surface area contributed by atoms with Gasteiger partial charge in [-0.2, -0.15) is 0 Å². The summed E-state index contributed by atoms with van der Waals surface area (Å²) in [5, 5.41) is 3.36. The first kappa shape index (κ1) is 20.0. The normalized spacial score (nSPS) is 10.8. The smallest absolute Gasteiger partial charge is 0.286 e. The van der Waals surface area contributed by atoms with Crippen molar-refractivity contribution in [3.8, 4) is 11.5 Å². The number of anilines is 1. The van der Waals surface area contributed by atoms with Crippen LogP contribution in [0.1, 0.15) is 38.1 Å². The number of amides is 2. The van der Waals surface area contributed by atoms with E-state index in [2.05, 4.69) is 25.3 Å². The van der Waals surface area contributed by atoms with Gasteiger partial charge in [-0.05, 0) is 39.0 Å². The number of aromatic nitrogens is 4. The Morgan fingerprint density at radius 3 is 2.48 bits per heavy atom. The third-order valence-corrected chi connectivity index (χ3v) is 4.38. The Hall–Kier alpha value is -4.34. The minimum atomic E-state index is -0.736. The van der Waals surface area contributed by atoms with Crippen LogP contribution in [0.3, 0.4) is 0 Å². The standard InChI is InChI=1S/C21H18N6O4/c1-10-7-24-18(9-23-10)27-21(29)13-5-15-14(4-11(2)30-15)16(6-13)31-17-8-25-20(19(22)28)26-12(17)3/h4-9H,1-3H3,(H2,22,28)(H,24,27,29). The highest BCUT2D eigenvalue weighted by Crippen LogP contribution is 2.34. The zero-order valence-corrected chi connectivity index (χ0v) is 17.0. The van der Waals surface area contributed by atoms with Gasteiger partial charge in [0.15, 0.2) is 11.6 Å². The Bertz CT molecular complexity index is 1310. The van der Waals surface area contributed by atoms with Crippen molar-refractivity contribution in [2.24, 2.45) is 5.73 Å². The van der Waals surface area contributed by atoms with E-state index in [-0.39, 0.29) is 5.82 Å². The summed E-state index contributed by atoms with van der Waals surface area (Å²) in [5.41, 5.74) is 7.14. The Labute approximate surface area is 176 Å².